The van der Waals surface area contributed by atoms with Crippen LogP contribution in [0.5, 0.6) is 11.5 Å². The van der Waals surface area contributed by atoms with Crippen LogP contribution in [0.1, 0.15) is 15.9 Å². The summed E-state index contributed by atoms with van der Waals surface area (Å²) in [7, 11) is 0. The summed E-state index contributed by atoms with van der Waals surface area (Å²) >= 11 is 5.84. The van der Waals surface area contributed by atoms with E-state index in [0.29, 0.717) is 27.6 Å². The zero-order chi connectivity index (χ0) is 23.0. The van der Waals surface area contributed by atoms with E-state index in [-0.39, 0.29) is 6.61 Å². The molecule has 4 rings (SSSR count). The number of amides is 1. The molecule has 0 saturated heterocycles. The fourth-order valence-electron chi connectivity index (χ4n) is 3.09. The Hall–Kier alpha value is -4.16. The van der Waals surface area contributed by atoms with Crippen LogP contribution in [-0.2, 0) is 4.79 Å². The predicted octanol–water partition coefficient (Wildman–Crippen LogP) is 5.24. The summed E-state index contributed by atoms with van der Waals surface area (Å²) < 4.78 is 11.0. The first-order valence-corrected chi connectivity index (χ1v) is 10.5. The first-order valence-electron chi connectivity index (χ1n) is 10.1. The summed E-state index contributed by atoms with van der Waals surface area (Å²) in [6.07, 6.45) is 1.45. The van der Waals surface area contributed by atoms with E-state index in [1.54, 1.807) is 48.5 Å². The fraction of sp³-hybridized carbons (Fsp3) is 0.0385. The van der Waals surface area contributed by atoms with Crippen LogP contribution in [0.3, 0.4) is 0 Å². The third-order valence-corrected chi connectivity index (χ3v) is 4.91. The fourth-order valence-corrected chi connectivity index (χ4v) is 3.21. The SMILES string of the molecule is O=C(COc1cccc2ccccc12)N/N=C/c1cccc(OC(=O)c2ccc(Cl)cc2)c1. The molecule has 4 aromatic rings. The van der Waals surface area contributed by atoms with E-state index in [4.69, 9.17) is 21.1 Å². The highest BCUT2D eigenvalue weighted by molar-refractivity contribution is 6.30. The summed E-state index contributed by atoms with van der Waals surface area (Å²) in [5.74, 6) is 0.0797. The normalized spacial score (nSPS) is 10.8. The second-order valence-corrected chi connectivity index (χ2v) is 7.46. The van der Waals surface area contributed by atoms with Crippen molar-refractivity contribution in [2.75, 3.05) is 6.61 Å². The number of ether oxygens (including phenoxy) is 2. The second kappa shape index (κ2) is 10.4. The minimum atomic E-state index is -0.500. The number of rotatable bonds is 7. The van der Waals surface area contributed by atoms with Gasteiger partial charge in [0.25, 0.3) is 5.91 Å². The van der Waals surface area contributed by atoms with Gasteiger partial charge in [-0.3, -0.25) is 4.79 Å². The van der Waals surface area contributed by atoms with Crippen molar-refractivity contribution in [1.29, 1.82) is 0 Å². The molecule has 0 heterocycles. The highest BCUT2D eigenvalue weighted by Gasteiger charge is 2.09. The van der Waals surface area contributed by atoms with Crippen molar-refractivity contribution in [3.05, 3.63) is 107 Å². The lowest BCUT2D eigenvalue weighted by atomic mass is 10.1. The van der Waals surface area contributed by atoms with Crippen molar-refractivity contribution in [3.8, 4) is 11.5 Å². The first-order chi connectivity index (χ1) is 16.1. The number of nitrogens with one attached hydrogen (secondary N) is 1. The van der Waals surface area contributed by atoms with Gasteiger partial charge in [-0.05, 0) is 53.4 Å². The quantitative estimate of drug-likeness (QED) is 0.178. The minimum absolute atomic E-state index is 0.176. The Morgan fingerprint density at radius 2 is 1.67 bits per heavy atom. The predicted molar refractivity (Wildman–Crippen MR) is 128 cm³/mol. The van der Waals surface area contributed by atoms with Gasteiger partial charge in [-0.1, -0.05) is 60.1 Å². The van der Waals surface area contributed by atoms with Gasteiger partial charge in [0.1, 0.15) is 11.5 Å². The minimum Gasteiger partial charge on any atom is -0.483 e. The van der Waals surface area contributed by atoms with Crippen molar-refractivity contribution in [3.63, 3.8) is 0 Å². The molecule has 4 aromatic carbocycles. The van der Waals surface area contributed by atoms with Crippen LogP contribution in [0.2, 0.25) is 5.02 Å². The van der Waals surface area contributed by atoms with Crippen molar-refractivity contribution in [2.45, 2.75) is 0 Å². The van der Waals surface area contributed by atoms with Gasteiger partial charge >= 0.3 is 5.97 Å². The number of hydrogen-bond donors (Lipinski definition) is 1. The Kier molecular flexibility index (Phi) is 6.97. The van der Waals surface area contributed by atoms with Gasteiger partial charge in [-0.15, -0.1) is 0 Å². The van der Waals surface area contributed by atoms with Gasteiger partial charge in [0, 0.05) is 10.4 Å². The maximum Gasteiger partial charge on any atom is 0.343 e. The van der Waals surface area contributed by atoms with Crippen LogP contribution < -0.4 is 14.9 Å². The molecule has 0 aliphatic carbocycles. The molecule has 6 nitrogen and oxygen atoms in total. The summed E-state index contributed by atoms with van der Waals surface area (Å²) in [5.41, 5.74) is 3.46. The van der Waals surface area contributed by atoms with Crippen molar-refractivity contribution < 1.29 is 19.1 Å². The highest BCUT2D eigenvalue weighted by atomic mass is 35.5. The van der Waals surface area contributed by atoms with E-state index in [0.717, 1.165) is 10.8 Å². The monoisotopic (exact) mass is 458 g/mol. The van der Waals surface area contributed by atoms with Gasteiger partial charge in [-0.25, -0.2) is 10.2 Å². The van der Waals surface area contributed by atoms with Crippen molar-refractivity contribution in [2.24, 2.45) is 5.10 Å². The summed E-state index contributed by atoms with van der Waals surface area (Å²) in [6.45, 7) is -0.176. The summed E-state index contributed by atoms with van der Waals surface area (Å²) in [6, 6.07) is 26.6. The maximum absolute atomic E-state index is 12.2. The molecule has 1 N–H and O–H groups in total. The molecule has 0 spiro atoms. The first kappa shape index (κ1) is 22.0. The molecule has 0 fully saturated rings. The zero-order valence-electron chi connectivity index (χ0n) is 17.4. The topological polar surface area (TPSA) is 77.0 Å². The molecule has 0 aromatic heterocycles. The van der Waals surface area contributed by atoms with E-state index in [1.165, 1.54) is 6.21 Å². The molecule has 1 amide bonds. The number of carbonyl (C=O) groups is 2. The van der Waals surface area contributed by atoms with Gasteiger partial charge in [0.15, 0.2) is 6.61 Å². The lowest BCUT2D eigenvalue weighted by Crippen LogP contribution is -2.24. The largest absolute Gasteiger partial charge is 0.483 e. The van der Waals surface area contributed by atoms with Gasteiger partial charge in [0.05, 0.1) is 11.8 Å². The molecule has 0 aliphatic rings. The standard InChI is InChI=1S/C26H19ClN2O4/c27-21-13-11-20(12-14-21)26(31)33-22-8-3-5-18(15-22)16-28-29-25(30)17-32-24-10-4-7-19-6-1-2-9-23(19)24/h1-16H,17H2,(H,29,30)/b28-16+. The Balaban J connectivity index is 1.31. The number of fused-ring (bicyclic) bond motifs is 1. The highest BCUT2D eigenvalue weighted by Crippen LogP contribution is 2.25. The Morgan fingerprint density at radius 1 is 0.909 bits per heavy atom. The Labute approximate surface area is 195 Å². The molecular formula is C26H19ClN2O4. The molecule has 0 atom stereocenters. The van der Waals surface area contributed by atoms with Gasteiger partial charge in [-0.2, -0.15) is 5.10 Å². The van der Waals surface area contributed by atoms with Gasteiger partial charge < -0.3 is 9.47 Å². The van der Waals surface area contributed by atoms with Gasteiger partial charge in [0.2, 0.25) is 0 Å². The lowest BCUT2D eigenvalue weighted by Gasteiger charge is -2.08. The zero-order valence-corrected chi connectivity index (χ0v) is 18.2. The van der Waals surface area contributed by atoms with Crippen LogP contribution >= 0.6 is 11.6 Å². The smallest absolute Gasteiger partial charge is 0.343 e. The molecule has 0 radical (unpaired) electrons. The van der Waals surface area contributed by atoms with Crippen LogP contribution in [-0.4, -0.2) is 24.7 Å². The number of hydrazone groups is 1. The third kappa shape index (κ3) is 5.96. The van der Waals surface area contributed by atoms with E-state index in [2.05, 4.69) is 10.5 Å². The van der Waals surface area contributed by atoms with E-state index in [1.807, 2.05) is 42.5 Å². The average molecular weight is 459 g/mol. The molecule has 164 valence electrons. The van der Waals surface area contributed by atoms with Crippen LogP contribution in [0, 0.1) is 0 Å². The van der Waals surface area contributed by atoms with E-state index >= 15 is 0 Å². The van der Waals surface area contributed by atoms with Crippen LogP contribution in [0.25, 0.3) is 10.8 Å². The van der Waals surface area contributed by atoms with Crippen LogP contribution in [0.15, 0.2) is 96.1 Å². The number of benzene rings is 4. The molecule has 0 unspecified atom stereocenters. The maximum atomic E-state index is 12.2. The molecule has 0 saturated carbocycles. The number of hydrogen-bond acceptors (Lipinski definition) is 5. The molecule has 7 heteroatoms. The molecular weight excluding hydrogens is 440 g/mol. The average Bonchev–Trinajstić information content (AvgIpc) is 2.83. The van der Waals surface area contributed by atoms with Crippen molar-refractivity contribution >= 4 is 40.5 Å². The number of carbonyl (C=O) groups excluding carboxylic acids is 2. The lowest BCUT2D eigenvalue weighted by molar-refractivity contribution is -0.123. The Morgan fingerprint density at radius 3 is 2.52 bits per heavy atom. The van der Waals surface area contributed by atoms with Crippen molar-refractivity contribution in [1.82, 2.24) is 5.43 Å². The number of halogens is 1. The number of nitrogens with zero attached hydrogens (tertiary/aromatic N) is 1. The summed E-state index contributed by atoms with van der Waals surface area (Å²) in [4.78, 5) is 24.3. The summed E-state index contributed by atoms with van der Waals surface area (Å²) in [5, 5.41) is 6.45. The van der Waals surface area contributed by atoms with E-state index in [9.17, 15) is 9.59 Å². The Bertz CT molecular complexity index is 1310. The molecule has 0 bridgehead atoms. The second-order valence-electron chi connectivity index (χ2n) is 7.03. The van der Waals surface area contributed by atoms with Crippen LogP contribution in [0.4, 0.5) is 0 Å². The van der Waals surface area contributed by atoms with E-state index < -0.39 is 11.9 Å². The third-order valence-electron chi connectivity index (χ3n) is 4.66. The number of esters is 1. The molecule has 0 aliphatic heterocycles. The molecule has 33 heavy (non-hydrogen) atoms.